The highest BCUT2D eigenvalue weighted by Gasteiger charge is 2.22. The molecule has 1 aliphatic rings. The van der Waals surface area contributed by atoms with Gasteiger partial charge in [0.05, 0.1) is 12.5 Å². The molecule has 0 fully saturated rings. The Kier molecular flexibility index (Phi) is 4.08. The van der Waals surface area contributed by atoms with E-state index in [2.05, 4.69) is 43.9 Å². The van der Waals surface area contributed by atoms with Crippen LogP contribution in [-0.2, 0) is 13.2 Å². The number of hydrogen-bond donors (Lipinski definition) is 0. The highest BCUT2D eigenvalue weighted by molar-refractivity contribution is 7.99. The lowest BCUT2D eigenvalue weighted by Gasteiger charge is -2.27. The van der Waals surface area contributed by atoms with Crippen LogP contribution in [0.4, 0.5) is 0 Å². The maximum atomic E-state index is 6.11. The largest absolute Gasteiger partial charge is 0.288 e. The fourth-order valence-corrected chi connectivity index (χ4v) is 3.75. The van der Waals surface area contributed by atoms with Gasteiger partial charge in [-0.05, 0) is 17.7 Å². The molecule has 2 aromatic carbocycles. The molecule has 0 bridgehead atoms. The van der Waals surface area contributed by atoms with Crippen molar-refractivity contribution in [2.24, 2.45) is 0 Å². The molecule has 0 N–H and O–H groups in total. The first-order valence-electron chi connectivity index (χ1n) is 7.38. The molecule has 0 atom stereocenters. The zero-order valence-electron chi connectivity index (χ0n) is 12.4. The fraction of sp³-hybridized carbons (Fsp3) is 0.176. The molecule has 23 heavy (non-hydrogen) atoms. The SMILES string of the molecule is Clc1cccc(-c2nnc3n2CN(Cc2ccccc2)CS3)c1. The van der Waals surface area contributed by atoms with E-state index in [0.29, 0.717) is 5.02 Å². The van der Waals surface area contributed by atoms with Crippen molar-refractivity contribution in [1.82, 2.24) is 19.7 Å². The Morgan fingerprint density at radius 1 is 1.04 bits per heavy atom. The third-order valence-corrected chi connectivity index (χ3v) is 5.06. The van der Waals surface area contributed by atoms with Gasteiger partial charge in [-0.3, -0.25) is 9.47 Å². The first-order chi connectivity index (χ1) is 11.3. The summed E-state index contributed by atoms with van der Waals surface area (Å²) >= 11 is 7.83. The predicted octanol–water partition coefficient (Wildman–Crippen LogP) is 4.12. The maximum Gasteiger partial charge on any atom is 0.193 e. The van der Waals surface area contributed by atoms with Crippen molar-refractivity contribution in [3.05, 3.63) is 65.2 Å². The maximum absolute atomic E-state index is 6.11. The Morgan fingerprint density at radius 2 is 1.91 bits per heavy atom. The number of rotatable bonds is 3. The number of fused-ring (bicyclic) bond motifs is 1. The number of aromatic nitrogens is 3. The molecule has 0 saturated carbocycles. The summed E-state index contributed by atoms with van der Waals surface area (Å²) in [6, 6.07) is 18.3. The van der Waals surface area contributed by atoms with Crippen LogP contribution in [-0.4, -0.2) is 25.5 Å². The van der Waals surface area contributed by atoms with Crippen LogP contribution in [0.1, 0.15) is 5.56 Å². The Balaban J connectivity index is 1.60. The molecule has 4 rings (SSSR count). The lowest BCUT2D eigenvalue weighted by atomic mass is 10.2. The minimum absolute atomic E-state index is 0.712. The summed E-state index contributed by atoms with van der Waals surface area (Å²) in [7, 11) is 0. The van der Waals surface area contributed by atoms with E-state index in [1.165, 1.54) is 5.56 Å². The van der Waals surface area contributed by atoms with E-state index in [0.717, 1.165) is 35.6 Å². The highest BCUT2D eigenvalue weighted by Crippen LogP contribution is 2.30. The third kappa shape index (κ3) is 3.13. The van der Waals surface area contributed by atoms with E-state index in [-0.39, 0.29) is 0 Å². The summed E-state index contributed by atoms with van der Waals surface area (Å²) in [4.78, 5) is 2.38. The van der Waals surface area contributed by atoms with Crippen LogP contribution >= 0.6 is 23.4 Å². The van der Waals surface area contributed by atoms with Crippen LogP contribution in [0, 0.1) is 0 Å². The molecule has 0 unspecified atom stereocenters. The van der Waals surface area contributed by atoms with Crippen molar-refractivity contribution in [2.45, 2.75) is 18.4 Å². The fourth-order valence-electron chi connectivity index (χ4n) is 2.69. The third-order valence-electron chi connectivity index (χ3n) is 3.77. The molecule has 1 aliphatic heterocycles. The molecular weight excluding hydrogens is 328 g/mol. The standard InChI is InChI=1S/C17H15ClN4S/c18-15-8-4-7-14(9-15)16-19-20-17-22(16)11-21(12-23-17)10-13-5-2-1-3-6-13/h1-9H,10-12H2. The summed E-state index contributed by atoms with van der Waals surface area (Å²) in [6.45, 7) is 1.70. The zero-order valence-corrected chi connectivity index (χ0v) is 14.0. The summed E-state index contributed by atoms with van der Waals surface area (Å²) < 4.78 is 2.16. The second kappa shape index (κ2) is 6.35. The normalized spacial score (nSPS) is 14.7. The molecule has 6 heteroatoms. The van der Waals surface area contributed by atoms with Gasteiger partial charge in [0, 0.05) is 17.1 Å². The van der Waals surface area contributed by atoms with E-state index in [1.807, 2.05) is 30.3 Å². The Hall–Kier alpha value is -1.82. The average molecular weight is 343 g/mol. The summed E-state index contributed by atoms with van der Waals surface area (Å²) in [5.41, 5.74) is 2.31. The van der Waals surface area contributed by atoms with Gasteiger partial charge < -0.3 is 0 Å². The molecule has 3 aromatic rings. The van der Waals surface area contributed by atoms with Gasteiger partial charge in [0.1, 0.15) is 0 Å². The van der Waals surface area contributed by atoms with Gasteiger partial charge in [-0.2, -0.15) is 0 Å². The molecule has 0 aliphatic carbocycles. The zero-order chi connectivity index (χ0) is 15.6. The van der Waals surface area contributed by atoms with E-state index < -0.39 is 0 Å². The van der Waals surface area contributed by atoms with E-state index in [9.17, 15) is 0 Å². The summed E-state index contributed by atoms with van der Waals surface area (Å²) in [5, 5.41) is 10.3. The van der Waals surface area contributed by atoms with E-state index in [4.69, 9.17) is 11.6 Å². The monoisotopic (exact) mass is 342 g/mol. The van der Waals surface area contributed by atoms with E-state index in [1.54, 1.807) is 11.8 Å². The average Bonchev–Trinajstić information content (AvgIpc) is 2.99. The Labute approximate surface area is 144 Å². The van der Waals surface area contributed by atoms with Gasteiger partial charge in [0.2, 0.25) is 0 Å². The number of hydrogen-bond acceptors (Lipinski definition) is 4. The van der Waals surface area contributed by atoms with Crippen molar-refractivity contribution in [3.8, 4) is 11.4 Å². The number of benzene rings is 2. The van der Waals surface area contributed by atoms with Crippen molar-refractivity contribution < 1.29 is 0 Å². The second-order valence-electron chi connectivity index (χ2n) is 5.47. The highest BCUT2D eigenvalue weighted by atomic mass is 35.5. The van der Waals surface area contributed by atoms with Crippen molar-refractivity contribution in [1.29, 1.82) is 0 Å². The molecule has 0 saturated heterocycles. The Morgan fingerprint density at radius 3 is 2.74 bits per heavy atom. The van der Waals surface area contributed by atoms with Crippen molar-refractivity contribution >= 4 is 23.4 Å². The van der Waals surface area contributed by atoms with Gasteiger partial charge >= 0.3 is 0 Å². The first kappa shape index (κ1) is 14.8. The first-order valence-corrected chi connectivity index (χ1v) is 8.74. The second-order valence-corrected chi connectivity index (χ2v) is 6.82. The van der Waals surface area contributed by atoms with Crippen LogP contribution in [0.2, 0.25) is 5.02 Å². The number of nitrogens with zero attached hydrogens (tertiary/aromatic N) is 4. The van der Waals surface area contributed by atoms with Gasteiger partial charge in [0.25, 0.3) is 0 Å². The van der Waals surface area contributed by atoms with Crippen LogP contribution in [0.15, 0.2) is 59.8 Å². The lowest BCUT2D eigenvalue weighted by Crippen LogP contribution is -2.30. The van der Waals surface area contributed by atoms with Crippen molar-refractivity contribution in [2.75, 3.05) is 5.88 Å². The van der Waals surface area contributed by atoms with Crippen molar-refractivity contribution in [3.63, 3.8) is 0 Å². The predicted molar refractivity (Wildman–Crippen MR) is 93.2 cm³/mol. The molecule has 2 heterocycles. The van der Waals surface area contributed by atoms with Crippen LogP contribution in [0.5, 0.6) is 0 Å². The van der Waals surface area contributed by atoms with E-state index >= 15 is 0 Å². The molecular formula is C17H15ClN4S. The van der Waals surface area contributed by atoms with Crippen LogP contribution < -0.4 is 0 Å². The molecule has 1 aromatic heterocycles. The van der Waals surface area contributed by atoms with Gasteiger partial charge in [-0.25, -0.2) is 0 Å². The van der Waals surface area contributed by atoms with Crippen LogP contribution in [0.3, 0.4) is 0 Å². The minimum Gasteiger partial charge on any atom is -0.288 e. The summed E-state index contributed by atoms with van der Waals surface area (Å²) in [6.07, 6.45) is 0. The Bertz CT molecular complexity index is 818. The van der Waals surface area contributed by atoms with Gasteiger partial charge in [-0.1, -0.05) is 65.8 Å². The molecule has 0 amide bonds. The van der Waals surface area contributed by atoms with Crippen LogP contribution in [0.25, 0.3) is 11.4 Å². The number of halogens is 1. The number of thioether (sulfide) groups is 1. The molecule has 116 valence electrons. The van der Waals surface area contributed by atoms with Gasteiger partial charge in [-0.15, -0.1) is 10.2 Å². The smallest absolute Gasteiger partial charge is 0.193 e. The molecule has 0 radical (unpaired) electrons. The summed E-state index contributed by atoms with van der Waals surface area (Å²) in [5.74, 6) is 1.79. The quantitative estimate of drug-likeness (QED) is 0.717. The lowest BCUT2D eigenvalue weighted by molar-refractivity contribution is 0.231. The van der Waals surface area contributed by atoms with Gasteiger partial charge in [0.15, 0.2) is 11.0 Å². The topological polar surface area (TPSA) is 34.0 Å². The molecule has 4 nitrogen and oxygen atoms in total. The minimum atomic E-state index is 0.712. The molecule has 0 spiro atoms.